The molecule has 2 heterocycles. The van der Waals surface area contributed by atoms with E-state index in [1.165, 1.54) is 13.8 Å². The molecule has 0 saturated heterocycles. The summed E-state index contributed by atoms with van der Waals surface area (Å²) in [6.07, 6.45) is -2.62. The zero-order chi connectivity index (χ0) is 38.7. The predicted molar refractivity (Wildman–Crippen MR) is 183 cm³/mol. The normalized spacial score (nSPS) is 11.8. The quantitative estimate of drug-likeness (QED) is 0.0408. The van der Waals surface area contributed by atoms with E-state index in [0.29, 0.717) is 23.5 Å². The number of aromatic nitrogens is 6. The van der Waals surface area contributed by atoms with E-state index in [9.17, 15) is 29.8 Å². The van der Waals surface area contributed by atoms with Crippen molar-refractivity contribution in [3.8, 4) is 28.5 Å². The minimum atomic E-state index is -1.80. The van der Waals surface area contributed by atoms with Crippen LogP contribution in [0.15, 0.2) is 66.7 Å². The van der Waals surface area contributed by atoms with Crippen molar-refractivity contribution >= 4 is 23.2 Å². The zero-order valence-electron chi connectivity index (χ0n) is 29.1. The summed E-state index contributed by atoms with van der Waals surface area (Å²) in [5.74, 6) is -2.16. The van der Waals surface area contributed by atoms with Gasteiger partial charge < -0.3 is 33.4 Å². The third-order valence-corrected chi connectivity index (χ3v) is 7.36. The molecule has 21 heteroatoms. The first-order valence-corrected chi connectivity index (χ1v) is 16.2. The van der Waals surface area contributed by atoms with E-state index >= 15 is 0 Å². The van der Waals surface area contributed by atoms with Crippen molar-refractivity contribution in [3.63, 3.8) is 0 Å². The van der Waals surface area contributed by atoms with Crippen molar-refractivity contribution in [2.75, 3.05) is 33.0 Å². The van der Waals surface area contributed by atoms with E-state index in [-0.39, 0.29) is 31.3 Å². The summed E-state index contributed by atoms with van der Waals surface area (Å²) in [7, 11) is 0. The summed E-state index contributed by atoms with van der Waals surface area (Å²) in [5, 5.41) is 33.0. The average molecular weight is 751 g/mol. The SMILES string of the molecule is CCOc1nc2cccc(C(=O)OC(C)(C)OC(=O)OCCOCC(CO[N+](=O)[O-])O[N+](=O)[O-])c2n1Cc1ccc(-c2ccccc2-c2nn[nH]n2)cc1. The van der Waals surface area contributed by atoms with Gasteiger partial charge in [0.2, 0.25) is 5.82 Å². The number of hydrogen-bond acceptors (Lipinski definition) is 17. The monoisotopic (exact) mass is 750 g/mol. The summed E-state index contributed by atoms with van der Waals surface area (Å²) in [4.78, 5) is 59.8. The van der Waals surface area contributed by atoms with Crippen LogP contribution in [0.2, 0.25) is 0 Å². The van der Waals surface area contributed by atoms with Gasteiger partial charge in [0.05, 0.1) is 43.0 Å². The van der Waals surface area contributed by atoms with Gasteiger partial charge in [-0.15, -0.1) is 30.4 Å². The van der Waals surface area contributed by atoms with Crippen LogP contribution in [-0.4, -0.2) is 97.4 Å². The number of carbonyl (C=O) groups excluding carboxylic acids is 2. The number of nitrogens with one attached hydrogen (secondary N) is 1. The van der Waals surface area contributed by atoms with Crippen LogP contribution in [0.1, 0.15) is 36.7 Å². The molecule has 3 aromatic carbocycles. The number of H-pyrrole nitrogens is 1. The fourth-order valence-electron chi connectivity index (χ4n) is 5.20. The number of nitrogens with zero attached hydrogens (tertiary/aromatic N) is 7. The maximum atomic E-state index is 13.6. The molecule has 1 atom stereocenters. The van der Waals surface area contributed by atoms with Crippen LogP contribution in [-0.2, 0) is 35.2 Å². The third-order valence-electron chi connectivity index (χ3n) is 7.36. The molecule has 5 aromatic rings. The van der Waals surface area contributed by atoms with Gasteiger partial charge in [-0.3, -0.25) is 4.57 Å². The van der Waals surface area contributed by atoms with Gasteiger partial charge in [-0.05, 0) is 41.0 Å². The van der Waals surface area contributed by atoms with E-state index in [0.717, 1.165) is 22.3 Å². The topological polar surface area (TPSA) is 257 Å². The van der Waals surface area contributed by atoms with Crippen LogP contribution < -0.4 is 4.74 Å². The van der Waals surface area contributed by atoms with Crippen LogP contribution in [0.3, 0.4) is 0 Å². The molecule has 1 unspecified atom stereocenters. The number of tetrazole rings is 1. The van der Waals surface area contributed by atoms with Crippen LogP contribution in [0.4, 0.5) is 4.79 Å². The Morgan fingerprint density at radius 1 is 0.926 bits per heavy atom. The van der Waals surface area contributed by atoms with E-state index in [4.69, 9.17) is 23.7 Å². The van der Waals surface area contributed by atoms with Crippen LogP contribution in [0.25, 0.3) is 33.5 Å². The molecule has 54 heavy (non-hydrogen) atoms. The lowest BCUT2D eigenvalue weighted by atomic mass is 9.98. The molecule has 284 valence electrons. The van der Waals surface area contributed by atoms with Gasteiger partial charge in [0.15, 0.2) is 6.10 Å². The molecule has 21 nitrogen and oxygen atoms in total. The number of carbonyl (C=O) groups is 2. The standard InChI is InChI=1S/C33H34N8O13/c1-4-49-31-34-27-11-7-10-26(30(42)52-33(2,3)53-32(43)50-17-16-48-19-23(54-41(46)47)20-51-40(44)45)28(27)39(31)18-21-12-14-22(15-13-21)24-8-5-6-9-25(24)29-35-37-38-36-29/h5-15,23H,4,16-20H2,1-3H3,(H,35,36,37,38). The Kier molecular flexibility index (Phi) is 12.5. The maximum absolute atomic E-state index is 13.6. The number of para-hydroxylation sites is 1. The van der Waals surface area contributed by atoms with Crippen molar-refractivity contribution in [2.45, 2.75) is 39.2 Å². The molecule has 5 rings (SSSR count). The summed E-state index contributed by atoms with van der Waals surface area (Å²) < 4.78 is 28.5. The van der Waals surface area contributed by atoms with Crippen molar-refractivity contribution in [1.29, 1.82) is 0 Å². The van der Waals surface area contributed by atoms with Crippen molar-refractivity contribution in [3.05, 3.63) is 98.1 Å². The molecule has 0 aliphatic carbocycles. The van der Waals surface area contributed by atoms with Gasteiger partial charge in [-0.1, -0.05) is 54.6 Å². The second-order valence-electron chi connectivity index (χ2n) is 11.6. The lowest BCUT2D eigenvalue weighted by Gasteiger charge is -2.24. The second-order valence-corrected chi connectivity index (χ2v) is 11.6. The Morgan fingerprint density at radius 3 is 2.37 bits per heavy atom. The molecule has 0 bridgehead atoms. The summed E-state index contributed by atoms with van der Waals surface area (Å²) >= 11 is 0. The minimum absolute atomic E-state index is 0.127. The Bertz CT molecular complexity index is 2070. The zero-order valence-corrected chi connectivity index (χ0v) is 29.1. The predicted octanol–water partition coefficient (Wildman–Crippen LogP) is 4.18. The van der Waals surface area contributed by atoms with Gasteiger partial charge in [0.1, 0.15) is 13.2 Å². The van der Waals surface area contributed by atoms with Gasteiger partial charge in [0, 0.05) is 19.4 Å². The number of fused-ring (bicyclic) bond motifs is 1. The maximum Gasteiger partial charge on any atom is 0.511 e. The molecule has 2 aromatic heterocycles. The molecule has 0 radical (unpaired) electrons. The third kappa shape index (κ3) is 10.1. The first kappa shape index (κ1) is 38.3. The Hall–Kier alpha value is -6.90. The molecule has 1 N–H and O–H groups in total. The first-order chi connectivity index (χ1) is 25.9. The number of esters is 1. The van der Waals surface area contributed by atoms with E-state index in [1.807, 2.05) is 55.5 Å². The largest absolute Gasteiger partial charge is 0.511 e. The lowest BCUT2D eigenvalue weighted by Crippen LogP contribution is -2.34. The summed E-state index contributed by atoms with van der Waals surface area (Å²) in [6.45, 7) is 3.17. The second kappa shape index (κ2) is 17.5. The minimum Gasteiger partial charge on any atom is -0.465 e. The summed E-state index contributed by atoms with van der Waals surface area (Å²) in [5.41, 5.74) is 4.54. The van der Waals surface area contributed by atoms with Crippen LogP contribution in [0.5, 0.6) is 6.01 Å². The van der Waals surface area contributed by atoms with Gasteiger partial charge in [-0.25, -0.2) is 9.59 Å². The highest BCUT2D eigenvalue weighted by Gasteiger charge is 2.31. The van der Waals surface area contributed by atoms with Crippen LogP contribution >= 0.6 is 0 Å². The van der Waals surface area contributed by atoms with Crippen molar-refractivity contribution < 1.29 is 53.1 Å². The fraction of sp³-hybridized carbons (Fsp3) is 0.333. The number of ether oxygens (including phenoxy) is 5. The Balaban J connectivity index is 1.24. The van der Waals surface area contributed by atoms with Crippen LogP contribution in [0, 0.1) is 20.2 Å². The van der Waals surface area contributed by atoms with Gasteiger partial charge in [-0.2, -0.15) is 10.2 Å². The van der Waals surface area contributed by atoms with E-state index < -0.39 is 47.4 Å². The van der Waals surface area contributed by atoms with E-state index in [2.05, 4.69) is 35.3 Å². The smallest absolute Gasteiger partial charge is 0.465 e. The Labute approximate surface area is 305 Å². The molecule has 0 fully saturated rings. The molecular weight excluding hydrogens is 716 g/mol. The Morgan fingerprint density at radius 2 is 1.69 bits per heavy atom. The molecule has 0 aliphatic heterocycles. The molecule has 0 spiro atoms. The highest BCUT2D eigenvalue weighted by molar-refractivity contribution is 6.02. The fourth-order valence-corrected chi connectivity index (χ4v) is 5.20. The molecule has 0 saturated carbocycles. The number of aromatic amines is 1. The van der Waals surface area contributed by atoms with Crippen molar-refractivity contribution in [2.24, 2.45) is 0 Å². The van der Waals surface area contributed by atoms with Gasteiger partial charge >= 0.3 is 12.1 Å². The number of hydrogen-bond donors (Lipinski definition) is 1. The molecular formula is C33H34N8O13. The highest BCUT2D eigenvalue weighted by Crippen LogP contribution is 2.31. The van der Waals surface area contributed by atoms with E-state index in [1.54, 1.807) is 22.8 Å². The highest BCUT2D eigenvalue weighted by atomic mass is 17.0. The van der Waals surface area contributed by atoms with Crippen molar-refractivity contribution in [1.82, 2.24) is 30.2 Å². The summed E-state index contributed by atoms with van der Waals surface area (Å²) in [6, 6.07) is 20.7. The number of imidazole rings is 1. The molecule has 0 aliphatic rings. The number of rotatable bonds is 19. The first-order valence-electron chi connectivity index (χ1n) is 16.2. The lowest BCUT2D eigenvalue weighted by molar-refractivity contribution is -0.790. The molecule has 0 amide bonds. The number of benzene rings is 3. The average Bonchev–Trinajstić information content (AvgIpc) is 3.79. The van der Waals surface area contributed by atoms with Gasteiger partial charge in [0.25, 0.3) is 22.0 Å².